The number of thiophene rings is 1. The van der Waals surface area contributed by atoms with E-state index in [1.807, 2.05) is 0 Å². The summed E-state index contributed by atoms with van der Waals surface area (Å²) in [5.41, 5.74) is 5.80. The number of aromatic nitrogens is 2. The number of hydrogen-bond acceptors (Lipinski definition) is 7. The molecule has 0 aliphatic rings. The molecule has 0 unspecified atom stereocenters. The molecule has 0 aliphatic carbocycles. The number of hydrogen-bond donors (Lipinski definition) is 2. The summed E-state index contributed by atoms with van der Waals surface area (Å²) >= 11 is 12.9. The molecule has 162 valence electrons. The second-order valence-corrected chi connectivity index (χ2v) is 7.94. The van der Waals surface area contributed by atoms with E-state index in [-0.39, 0.29) is 32.9 Å². The molecule has 9 nitrogen and oxygen atoms in total. The van der Waals surface area contributed by atoms with Gasteiger partial charge in [-0.15, -0.1) is 11.3 Å². The van der Waals surface area contributed by atoms with E-state index in [0.717, 1.165) is 11.3 Å². The van der Waals surface area contributed by atoms with Crippen LogP contribution in [0.2, 0.25) is 10.0 Å². The molecule has 31 heavy (non-hydrogen) atoms. The van der Waals surface area contributed by atoms with Crippen molar-refractivity contribution in [1.29, 1.82) is 0 Å². The molecular formula is C19H16Cl2N4O5S. The Morgan fingerprint density at radius 1 is 1.26 bits per heavy atom. The molecule has 1 aromatic carbocycles. The fraction of sp³-hybridized carbons (Fsp3) is 0.158. The standard InChI is InChI=1S/C19H16Cl2N4O5S/c1-9-13(19(28)29-2)18(31-15(9)16(22)26)23-17(27)11-6-7-25(24-11)8-30-12-5-3-4-10(20)14(12)21/h3-7H,8H2,1-2H3,(H2,22,26)(H,23,27). The number of amides is 2. The van der Waals surface area contributed by atoms with Gasteiger partial charge < -0.3 is 20.5 Å². The van der Waals surface area contributed by atoms with Gasteiger partial charge in [-0.3, -0.25) is 9.59 Å². The normalized spacial score (nSPS) is 10.6. The molecule has 0 fully saturated rings. The molecule has 12 heteroatoms. The highest BCUT2D eigenvalue weighted by atomic mass is 35.5. The number of halogens is 2. The molecular weight excluding hydrogens is 467 g/mol. The van der Waals surface area contributed by atoms with Crippen LogP contribution in [0.4, 0.5) is 5.00 Å². The van der Waals surface area contributed by atoms with Crippen LogP contribution in [0.5, 0.6) is 5.75 Å². The van der Waals surface area contributed by atoms with Gasteiger partial charge in [-0.05, 0) is 30.7 Å². The molecule has 3 rings (SSSR count). The number of nitrogens with one attached hydrogen (secondary N) is 1. The van der Waals surface area contributed by atoms with Crippen LogP contribution >= 0.6 is 34.5 Å². The number of esters is 1. The van der Waals surface area contributed by atoms with Gasteiger partial charge in [0.1, 0.15) is 15.8 Å². The second kappa shape index (κ2) is 9.38. The van der Waals surface area contributed by atoms with Crippen LogP contribution in [0.15, 0.2) is 30.5 Å². The Bertz CT molecular complexity index is 1170. The van der Waals surface area contributed by atoms with Gasteiger partial charge in [0.25, 0.3) is 11.8 Å². The van der Waals surface area contributed by atoms with E-state index in [1.165, 1.54) is 24.1 Å². The van der Waals surface area contributed by atoms with Gasteiger partial charge in [0.2, 0.25) is 0 Å². The third-order valence-corrected chi connectivity index (χ3v) is 6.15. The number of primary amides is 1. The maximum Gasteiger partial charge on any atom is 0.341 e. The van der Waals surface area contributed by atoms with Crippen LogP contribution < -0.4 is 15.8 Å². The van der Waals surface area contributed by atoms with Crippen molar-refractivity contribution >= 4 is 57.3 Å². The van der Waals surface area contributed by atoms with Crippen molar-refractivity contribution in [2.24, 2.45) is 5.73 Å². The summed E-state index contributed by atoms with van der Waals surface area (Å²) in [6.45, 7) is 1.52. The molecule has 0 spiro atoms. The minimum atomic E-state index is -0.714. The van der Waals surface area contributed by atoms with Gasteiger partial charge in [-0.25, -0.2) is 9.48 Å². The number of benzene rings is 1. The van der Waals surface area contributed by atoms with Gasteiger partial charge in [-0.1, -0.05) is 29.3 Å². The molecule has 2 heterocycles. The molecule has 0 bridgehead atoms. The number of nitrogens with zero attached hydrogens (tertiary/aromatic N) is 2. The first kappa shape index (κ1) is 22.6. The van der Waals surface area contributed by atoms with Gasteiger partial charge in [0.15, 0.2) is 12.4 Å². The van der Waals surface area contributed by atoms with Crippen LogP contribution in [0.3, 0.4) is 0 Å². The Labute approximate surface area is 190 Å². The summed E-state index contributed by atoms with van der Waals surface area (Å²) in [7, 11) is 1.20. The first-order chi connectivity index (χ1) is 14.7. The molecule has 0 saturated heterocycles. The highest BCUT2D eigenvalue weighted by Gasteiger charge is 2.26. The van der Waals surface area contributed by atoms with Gasteiger partial charge in [0, 0.05) is 6.20 Å². The number of nitrogens with two attached hydrogens (primary N) is 1. The smallest absolute Gasteiger partial charge is 0.341 e. The summed E-state index contributed by atoms with van der Waals surface area (Å²) in [6, 6.07) is 6.43. The van der Waals surface area contributed by atoms with Crippen molar-refractivity contribution in [2.45, 2.75) is 13.7 Å². The average Bonchev–Trinajstić information content (AvgIpc) is 3.33. The van der Waals surface area contributed by atoms with E-state index >= 15 is 0 Å². The third-order valence-electron chi connectivity index (χ3n) is 4.13. The highest BCUT2D eigenvalue weighted by molar-refractivity contribution is 7.18. The lowest BCUT2D eigenvalue weighted by molar-refractivity contribution is 0.0601. The zero-order chi connectivity index (χ0) is 22.7. The largest absolute Gasteiger partial charge is 0.470 e. The molecule has 2 aromatic heterocycles. The van der Waals surface area contributed by atoms with Gasteiger partial charge >= 0.3 is 5.97 Å². The highest BCUT2D eigenvalue weighted by Crippen LogP contribution is 2.34. The van der Waals surface area contributed by atoms with Gasteiger partial charge in [-0.2, -0.15) is 5.10 Å². The minimum Gasteiger partial charge on any atom is -0.470 e. The lowest BCUT2D eigenvalue weighted by Gasteiger charge is -2.08. The number of anilines is 1. The zero-order valence-corrected chi connectivity index (χ0v) is 18.6. The lowest BCUT2D eigenvalue weighted by atomic mass is 10.1. The second-order valence-electron chi connectivity index (χ2n) is 6.14. The quantitative estimate of drug-likeness (QED) is 0.494. The fourth-order valence-electron chi connectivity index (χ4n) is 2.64. The topological polar surface area (TPSA) is 126 Å². The van der Waals surface area contributed by atoms with Crippen LogP contribution in [-0.4, -0.2) is 34.7 Å². The zero-order valence-electron chi connectivity index (χ0n) is 16.3. The first-order valence-electron chi connectivity index (χ1n) is 8.66. The summed E-state index contributed by atoms with van der Waals surface area (Å²) in [5.74, 6) is -1.64. The van der Waals surface area contributed by atoms with E-state index in [9.17, 15) is 14.4 Å². The van der Waals surface area contributed by atoms with Crippen molar-refractivity contribution in [2.75, 3.05) is 12.4 Å². The Balaban J connectivity index is 1.76. The van der Waals surface area contributed by atoms with E-state index in [0.29, 0.717) is 16.3 Å². The number of ether oxygens (including phenoxy) is 2. The van der Waals surface area contributed by atoms with E-state index < -0.39 is 17.8 Å². The molecule has 3 aromatic rings. The monoisotopic (exact) mass is 482 g/mol. The summed E-state index contributed by atoms with van der Waals surface area (Å²) in [4.78, 5) is 36.5. The van der Waals surface area contributed by atoms with Crippen LogP contribution in [-0.2, 0) is 11.5 Å². The number of rotatable bonds is 7. The summed E-state index contributed by atoms with van der Waals surface area (Å²) in [6.07, 6.45) is 1.53. The molecule has 0 aliphatic heterocycles. The van der Waals surface area contributed by atoms with Crippen LogP contribution in [0.25, 0.3) is 0 Å². The molecule has 0 radical (unpaired) electrons. The van der Waals surface area contributed by atoms with Crippen molar-refractivity contribution in [3.63, 3.8) is 0 Å². The third kappa shape index (κ3) is 4.82. The van der Waals surface area contributed by atoms with Crippen molar-refractivity contribution < 1.29 is 23.9 Å². The lowest BCUT2D eigenvalue weighted by Crippen LogP contribution is -2.16. The number of carbonyl (C=O) groups is 3. The minimum absolute atomic E-state index is 0.0231. The maximum absolute atomic E-state index is 12.6. The molecule has 0 atom stereocenters. The fourth-order valence-corrected chi connectivity index (χ4v) is 4.03. The average molecular weight is 483 g/mol. The summed E-state index contributed by atoms with van der Waals surface area (Å²) < 4.78 is 11.7. The maximum atomic E-state index is 12.6. The Kier molecular flexibility index (Phi) is 6.84. The Hall–Kier alpha value is -3.08. The van der Waals surface area contributed by atoms with Crippen LogP contribution in [0, 0.1) is 6.92 Å². The van der Waals surface area contributed by atoms with E-state index in [1.54, 1.807) is 25.1 Å². The SMILES string of the molecule is COC(=O)c1c(NC(=O)c2ccn(COc3cccc(Cl)c3Cl)n2)sc(C(N)=O)c1C. The van der Waals surface area contributed by atoms with E-state index in [4.69, 9.17) is 38.4 Å². The number of carbonyl (C=O) groups excluding carboxylic acids is 3. The number of methoxy groups -OCH3 is 1. The van der Waals surface area contributed by atoms with Crippen LogP contribution in [0.1, 0.15) is 36.1 Å². The molecule has 0 saturated carbocycles. The van der Waals surface area contributed by atoms with Crippen molar-refractivity contribution in [3.05, 3.63) is 62.2 Å². The predicted molar refractivity (Wildman–Crippen MR) is 116 cm³/mol. The Morgan fingerprint density at radius 2 is 2.00 bits per heavy atom. The summed E-state index contributed by atoms with van der Waals surface area (Å²) in [5, 5.41) is 7.47. The van der Waals surface area contributed by atoms with Gasteiger partial charge in [0.05, 0.1) is 22.6 Å². The molecule has 2 amide bonds. The van der Waals surface area contributed by atoms with Crippen molar-refractivity contribution in [1.82, 2.24) is 9.78 Å². The Morgan fingerprint density at radius 3 is 2.68 bits per heavy atom. The predicted octanol–water partition coefficient (Wildman–Crippen LogP) is 3.73. The van der Waals surface area contributed by atoms with E-state index in [2.05, 4.69) is 10.4 Å². The van der Waals surface area contributed by atoms with Crippen molar-refractivity contribution in [3.8, 4) is 5.75 Å². The first-order valence-corrected chi connectivity index (χ1v) is 10.2. The molecule has 3 N–H and O–H groups in total.